The molecule has 0 spiro atoms. The molecule has 0 heterocycles. The number of aryl methyl sites for hydroxylation is 2. The average Bonchev–Trinajstić information content (AvgIpc) is 2.37. The quantitative estimate of drug-likeness (QED) is 0.589. The maximum absolute atomic E-state index is 13.9. The minimum absolute atomic E-state index is 0.306. The Morgan fingerprint density at radius 2 is 1.81 bits per heavy atom. The van der Waals surface area contributed by atoms with E-state index in [2.05, 4.69) is 48.6 Å². The van der Waals surface area contributed by atoms with Crippen LogP contribution in [0, 0.1) is 19.7 Å². The molecule has 2 rings (SSSR count). The largest absolute Gasteiger partial charge is 0.332 e. The lowest BCUT2D eigenvalue weighted by Gasteiger charge is -2.14. The van der Waals surface area contributed by atoms with Crippen molar-refractivity contribution in [3.63, 3.8) is 0 Å². The summed E-state index contributed by atoms with van der Waals surface area (Å²) in [5, 5.41) is 6.29. The Morgan fingerprint density at radius 3 is 2.43 bits per heavy atom. The summed E-state index contributed by atoms with van der Waals surface area (Å²) in [4.78, 5) is 0. The highest BCUT2D eigenvalue weighted by Gasteiger charge is 2.10. The van der Waals surface area contributed by atoms with Crippen LogP contribution in [-0.2, 0) is 0 Å². The fourth-order valence-corrected chi connectivity index (χ4v) is 3.37. The van der Waals surface area contributed by atoms with Crippen LogP contribution in [-0.4, -0.2) is 5.11 Å². The van der Waals surface area contributed by atoms with Crippen LogP contribution in [0.3, 0.4) is 0 Å². The highest BCUT2D eigenvalue weighted by Crippen LogP contribution is 2.29. The van der Waals surface area contributed by atoms with Gasteiger partial charge in [-0.15, -0.1) is 0 Å². The van der Waals surface area contributed by atoms with Crippen molar-refractivity contribution in [3.8, 4) is 0 Å². The fraction of sp³-hybridized carbons (Fsp3) is 0.133. The Morgan fingerprint density at radius 1 is 1.10 bits per heavy atom. The molecule has 0 fully saturated rings. The number of rotatable bonds is 2. The van der Waals surface area contributed by atoms with E-state index in [0.29, 0.717) is 19.7 Å². The Bertz CT molecular complexity index is 681. The summed E-state index contributed by atoms with van der Waals surface area (Å²) in [7, 11) is 0. The number of halogens is 3. The lowest BCUT2D eigenvalue weighted by atomic mass is 10.1. The minimum Gasteiger partial charge on any atom is -0.332 e. The first kappa shape index (κ1) is 16.4. The van der Waals surface area contributed by atoms with E-state index in [1.165, 1.54) is 11.6 Å². The summed E-state index contributed by atoms with van der Waals surface area (Å²) in [5.74, 6) is -0.388. The molecule has 0 amide bonds. The second kappa shape index (κ2) is 6.85. The van der Waals surface area contributed by atoms with Gasteiger partial charge in [0.05, 0.1) is 5.69 Å². The first-order valence-electron chi connectivity index (χ1n) is 6.16. The van der Waals surface area contributed by atoms with E-state index in [9.17, 15) is 4.39 Å². The molecule has 0 aromatic heterocycles. The molecule has 0 aliphatic carbocycles. The van der Waals surface area contributed by atoms with Crippen LogP contribution in [0.1, 0.15) is 11.1 Å². The molecule has 21 heavy (non-hydrogen) atoms. The molecule has 0 aliphatic rings. The van der Waals surface area contributed by atoms with Gasteiger partial charge in [0.15, 0.2) is 5.11 Å². The van der Waals surface area contributed by atoms with Gasteiger partial charge in [-0.2, -0.15) is 0 Å². The van der Waals surface area contributed by atoms with Crippen LogP contribution in [0.25, 0.3) is 0 Å². The van der Waals surface area contributed by atoms with E-state index >= 15 is 0 Å². The van der Waals surface area contributed by atoms with Crippen molar-refractivity contribution >= 4 is 60.6 Å². The Balaban J connectivity index is 2.16. The highest BCUT2D eigenvalue weighted by atomic mass is 79.9. The third kappa shape index (κ3) is 4.25. The van der Waals surface area contributed by atoms with Crippen molar-refractivity contribution in [1.82, 2.24) is 0 Å². The van der Waals surface area contributed by atoms with E-state index in [0.717, 1.165) is 11.3 Å². The monoisotopic (exact) mass is 430 g/mol. The summed E-state index contributed by atoms with van der Waals surface area (Å²) in [5.41, 5.74) is 3.46. The van der Waals surface area contributed by atoms with E-state index in [1.807, 2.05) is 26.0 Å². The standard InChI is InChI=1S/C15H13Br2FN2S/c1-8-3-4-13(9(2)5-8)19-15(21)20-14-11(17)6-10(16)7-12(14)18/h3-7H,1-2H3,(H2,19,20,21). The molecule has 6 heteroatoms. The van der Waals surface area contributed by atoms with Crippen molar-refractivity contribution < 1.29 is 4.39 Å². The number of benzene rings is 2. The fourth-order valence-electron chi connectivity index (χ4n) is 1.88. The van der Waals surface area contributed by atoms with Gasteiger partial charge in [-0.3, -0.25) is 0 Å². The summed E-state index contributed by atoms with van der Waals surface area (Å²) in [6, 6.07) is 9.14. The topological polar surface area (TPSA) is 24.1 Å². The first-order chi connectivity index (χ1) is 9.86. The van der Waals surface area contributed by atoms with E-state index in [4.69, 9.17) is 12.2 Å². The van der Waals surface area contributed by atoms with Gasteiger partial charge < -0.3 is 10.6 Å². The first-order valence-corrected chi connectivity index (χ1v) is 8.16. The Kier molecular flexibility index (Phi) is 5.35. The van der Waals surface area contributed by atoms with Crippen LogP contribution >= 0.6 is 44.1 Å². The molecule has 0 atom stereocenters. The van der Waals surface area contributed by atoms with Crippen molar-refractivity contribution in [2.24, 2.45) is 0 Å². The van der Waals surface area contributed by atoms with Crippen LogP contribution in [0.2, 0.25) is 0 Å². The zero-order valence-electron chi connectivity index (χ0n) is 11.4. The molecule has 2 nitrogen and oxygen atoms in total. The van der Waals surface area contributed by atoms with Gasteiger partial charge in [-0.05, 0) is 65.8 Å². The summed E-state index contributed by atoms with van der Waals surface area (Å²) >= 11 is 11.8. The molecule has 2 aromatic carbocycles. The molecule has 2 aromatic rings. The summed E-state index contributed by atoms with van der Waals surface area (Å²) in [6.07, 6.45) is 0. The molecule has 2 N–H and O–H groups in total. The number of nitrogens with one attached hydrogen (secondary N) is 2. The predicted molar refractivity (Wildman–Crippen MR) is 97.6 cm³/mol. The van der Waals surface area contributed by atoms with E-state index in [1.54, 1.807) is 6.07 Å². The zero-order chi connectivity index (χ0) is 15.6. The number of thiocarbonyl (C=S) groups is 1. The molecule has 0 saturated heterocycles. The normalized spacial score (nSPS) is 10.3. The van der Waals surface area contributed by atoms with Crippen LogP contribution in [0.4, 0.5) is 15.8 Å². The Labute approximate surface area is 145 Å². The second-order valence-electron chi connectivity index (χ2n) is 4.64. The van der Waals surface area contributed by atoms with Gasteiger partial charge in [-0.25, -0.2) is 4.39 Å². The van der Waals surface area contributed by atoms with Gasteiger partial charge in [0.1, 0.15) is 5.82 Å². The Hall–Kier alpha value is -0.980. The number of hydrogen-bond acceptors (Lipinski definition) is 1. The number of anilines is 2. The van der Waals surface area contributed by atoms with Crippen LogP contribution < -0.4 is 10.6 Å². The predicted octanol–water partition coefficient (Wildman–Crippen LogP) is 5.78. The summed E-state index contributed by atoms with van der Waals surface area (Å²) < 4.78 is 15.2. The molecule has 0 bridgehead atoms. The average molecular weight is 432 g/mol. The third-order valence-corrected chi connectivity index (χ3v) is 4.16. The van der Waals surface area contributed by atoms with Crippen molar-refractivity contribution in [2.75, 3.05) is 10.6 Å². The number of hydrogen-bond donors (Lipinski definition) is 2. The summed E-state index contributed by atoms with van der Waals surface area (Å²) in [6.45, 7) is 4.02. The smallest absolute Gasteiger partial charge is 0.175 e. The lowest BCUT2D eigenvalue weighted by molar-refractivity contribution is 0.630. The van der Waals surface area contributed by atoms with Crippen LogP contribution in [0.15, 0.2) is 39.3 Å². The molecule has 110 valence electrons. The minimum atomic E-state index is -0.388. The van der Waals surface area contributed by atoms with Gasteiger partial charge in [-0.1, -0.05) is 33.6 Å². The van der Waals surface area contributed by atoms with E-state index < -0.39 is 0 Å². The zero-order valence-corrected chi connectivity index (χ0v) is 15.4. The maximum Gasteiger partial charge on any atom is 0.175 e. The maximum atomic E-state index is 13.9. The van der Waals surface area contributed by atoms with Crippen molar-refractivity contribution in [3.05, 3.63) is 56.2 Å². The van der Waals surface area contributed by atoms with Crippen molar-refractivity contribution in [2.45, 2.75) is 13.8 Å². The van der Waals surface area contributed by atoms with Gasteiger partial charge in [0.2, 0.25) is 0 Å². The molecule has 0 aliphatic heterocycles. The van der Waals surface area contributed by atoms with Gasteiger partial charge in [0.25, 0.3) is 0 Å². The SMILES string of the molecule is Cc1ccc(NC(=S)Nc2c(F)cc(Br)cc2Br)c(C)c1. The third-order valence-electron chi connectivity index (χ3n) is 2.88. The van der Waals surface area contributed by atoms with Crippen molar-refractivity contribution in [1.29, 1.82) is 0 Å². The second-order valence-corrected chi connectivity index (χ2v) is 6.82. The van der Waals surface area contributed by atoms with Gasteiger partial charge in [0, 0.05) is 14.6 Å². The molecular weight excluding hydrogens is 419 g/mol. The van der Waals surface area contributed by atoms with Gasteiger partial charge >= 0.3 is 0 Å². The molecular formula is C15H13Br2FN2S. The molecule has 0 saturated carbocycles. The molecule has 0 radical (unpaired) electrons. The van der Waals surface area contributed by atoms with E-state index in [-0.39, 0.29) is 5.82 Å². The highest BCUT2D eigenvalue weighted by molar-refractivity contribution is 9.11. The molecule has 0 unspecified atom stereocenters. The lowest BCUT2D eigenvalue weighted by Crippen LogP contribution is -2.20. The van der Waals surface area contributed by atoms with Crippen LogP contribution in [0.5, 0.6) is 0 Å².